The average Bonchev–Trinajstić information content (AvgIpc) is 2.81. The number of hydrogen-bond donors (Lipinski definition) is 6. The summed E-state index contributed by atoms with van der Waals surface area (Å²) in [7, 11) is 0. The molecule has 1 aliphatic rings. The summed E-state index contributed by atoms with van der Waals surface area (Å²) < 4.78 is 5.38. The van der Waals surface area contributed by atoms with Crippen molar-refractivity contribution in [2.75, 3.05) is 23.8 Å². The minimum Gasteiger partial charge on any atom is -0.394 e. The van der Waals surface area contributed by atoms with Gasteiger partial charge in [-0.3, -0.25) is 14.7 Å². The third-order valence-electron chi connectivity index (χ3n) is 3.87. The molecule has 1 aromatic heterocycles. The lowest BCUT2D eigenvalue weighted by Gasteiger charge is -2.22. The smallest absolute Gasteiger partial charge is 0.319 e. The minimum atomic E-state index is -1.31. The van der Waals surface area contributed by atoms with E-state index in [9.17, 15) is 19.8 Å². The van der Waals surface area contributed by atoms with Crippen LogP contribution < -0.4 is 21.9 Å². The van der Waals surface area contributed by atoms with Crippen LogP contribution in [0, 0.1) is 0 Å². The molecular formula is C14H21N5O6. The first-order valence-corrected chi connectivity index (χ1v) is 7.49. The molecule has 1 fully saturated rings. The molecule has 0 radical (unpaired) electrons. The molecule has 4 atom stereocenters. The van der Waals surface area contributed by atoms with E-state index in [1.807, 2.05) is 0 Å². The molecule has 1 aromatic rings. The Hall–Kier alpha value is -2.47. The number of aliphatic hydroxyl groups excluding tert-OH is 3. The van der Waals surface area contributed by atoms with Crippen molar-refractivity contribution in [1.29, 1.82) is 0 Å². The molecule has 25 heavy (non-hydrogen) atoms. The maximum atomic E-state index is 12.3. The number of nitrogens with one attached hydrogen (secondary N) is 1. The number of H-pyrrole nitrogens is 1. The summed E-state index contributed by atoms with van der Waals surface area (Å²) in [5.41, 5.74) is 10.1. The highest BCUT2D eigenvalue weighted by Crippen LogP contribution is 2.26. The van der Waals surface area contributed by atoms with Crippen LogP contribution in [-0.2, 0) is 11.2 Å². The van der Waals surface area contributed by atoms with E-state index in [4.69, 9.17) is 21.3 Å². The van der Waals surface area contributed by atoms with Gasteiger partial charge in [-0.25, -0.2) is 9.78 Å². The zero-order valence-electron chi connectivity index (χ0n) is 13.3. The molecule has 1 saturated heterocycles. The van der Waals surface area contributed by atoms with E-state index in [-0.39, 0.29) is 30.3 Å². The Morgan fingerprint density at radius 1 is 1.40 bits per heavy atom. The van der Waals surface area contributed by atoms with E-state index in [1.54, 1.807) is 0 Å². The van der Waals surface area contributed by atoms with Crippen molar-refractivity contribution in [2.45, 2.75) is 30.8 Å². The number of aromatic nitrogens is 2. The third-order valence-corrected chi connectivity index (χ3v) is 3.87. The van der Waals surface area contributed by atoms with E-state index in [1.165, 1.54) is 6.08 Å². The van der Waals surface area contributed by atoms with Crippen LogP contribution in [0.15, 0.2) is 17.4 Å². The number of amides is 2. The van der Waals surface area contributed by atoms with E-state index in [2.05, 4.69) is 16.5 Å². The zero-order valence-corrected chi connectivity index (χ0v) is 13.3. The highest BCUT2D eigenvalue weighted by Gasteiger charge is 2.43. The highest BCUT2D eigenvalue weighted by atomic mass is 16.6. The monoisotopic (exact) mass is 355 g/mol. The van der Waals surface area contributed by atoms with Gasteiger partial charge < -0.3 is 31.5 Å². The normalized spacial score (nSPS) is 25.7. The Morgan fingerprint density at radius 3 is 2.56 bits per heavy atom. The lowest BCUT2D eigenvalue weighted by Crippen LogP contribution is -2.41. The van der Waals surface area contributed by atoms with Gasteiger partial charge in [0, 0.05) is 13.0 Å². The maximum absolute atomic E-state index is 12.3. The predicted octanol–water partition coefficient (Wildman–Crippen LogP) is -2.55. The molecule has 0 unspecified atom stereocenters. The zero-order chi connectivity index (χ0) is 18.7. The summed E-state index contributed by atoms with van der Waals surface area (Å²) in [6.45, 7) is 2.96. The summed E-state index contributed by atoms with van der Waals surface area (Å²) >= 11 is 0. The molecule has 2 amide bonds. The molecule has 11 heteroatoms. The number of anilines is 2. The third kappa shape index (κ3) is 3.79. The van der Waals surface area contributed by atoms with Crippen LogP contribution >= 0.6 is 0 Å². The van der Waals surface area contributed by atoms with Crippen LogP contribution in [0.25, 0.3) is 0 Å². The highest BCUT2D eigenvalue weighted by molar-refractivity contribution is 5.91. The fourth-order valence-electron chi connectivity index (χ4n) is 2.71. The Kier molecular flexibility index (Phi) is 5.74. The lowest BCUT2D eigenvalue weighted by atomic mass is 10.0. The Bertz CT molecular complexity index is 707. The second kappa shape index (κ2) is 7.61. The number of primary amides is 1. The van der Waals surface area contributed by atoms with Crippen molar-refractivity contribution in [2.24, 2.45) is 5.73 Å². The summed E-state index contributed by atoms with van der Waals surface area (Å²) in [6.07, 6.45) is -3.30. The van der Waals surface area contributed by atoms with Gasteiger partial charge in [0.15, 0.2) is 0 Å². The fourth-order valence-corrected chi connectivity index (χ4v) is 2.71. The Balaban J connectivity index is 2.42. The van der Waals surface area contributed by atoms with Gasteiger partial charge in [0.1, 0.15) is 24.0 Å². The van der Waals surface area contributed by atoms with Crippen molar-refractivity contribution in [3.63, 3.8) is 0 Å². The number of nitrogens with zero attached hydrogens (tertiary/aromatic N) is 2. The molecular weight excluding hydrogens is 334 g/mol. The summed E-state index contributed by atoms with van der Waals surface area (Å²) in [6, 6.07) is -0.903. The van der Waals surface area contributed by atoms with Crippen molar-refractivity contribution >= 4 is 17.7 Å². The number of nitrogen functional groups attached to an aromatic ring is 1. The number of nitrogens with two attached hydrogens (primary N) is 2. The molecule has 8 N–H and O–H groups in total. The molecule has 0 aromatic carbocycles. The number of aliphatic hydroxyl groups is 3. The van der Waals surface area contributed by atoms with E-state index in [0.29, 0.717) is 0 Å². The quantitative estimate of drug-likeness (QED) is 0.301. The molecule has 1 aliphatic heterocycles. The lowest BCUT2D eigenvalue weighted by molar-refractivity contribution is -0.0217. The first-order chi connectivity index (χ1) is 11.8. The van der Waals surface area contributed by atoms with Crippen LogP contribution in [0.5, 0.6) is 0 Å². The molecule has 2 heterocycles. The van der Waals surface area contributed by atoms with Crippen LogP contribution in [-0.4, -0.2) is 68.9 Å². The molecule has 0 aliphatic carbocycles. The number of rotatable bonds is 6. The van der Waals surface area contributed by atoms with Gasteiger partial charge in [0.05, 0.1) is 18.4 Å². The number of ether oxygens (including phenoxy) is 1. The van der Waals surface area contributed by atoms with Gasteiger partial charge in [0.25, 0.3) is 5.56 Å². The fraction of sp³-hybridized carbons (Fsp3) is 0.500. The van der Waals surface area contributed by atoms with E-state index in [0.717, 1.165) is 4.90 Å². The second-order valence-corrected chi connectivity index (χ2v) is 5.56. The predicted molar refractivity (Wildman–Crippen MR) is 87.9 cm³/mol. The van der Waals surface area contributed by atoms with Crippen molar-refractivity contribution in [1.82, 2.24) is 9.97 Å². The van der Waals surface area contributed by atoms with E-state index < -0.39 is 42.6 Å². The number of carbonyl (C=O) groups is 1. The minimum absolute atomic E-state index is 0.0486. The van der Waals surface area contributed by atoms with Gasteiger partial charge in [-0.1, -0.05) is 6.08 Å². The first-order valence-electron chi connectivity index (χ1n) is 7.49. The molecule has 138 valence electrons. The molecule has 0 bridgehead atoms. The van der Waals surface area contributed by atoms with Gasteiger partial charge in [0.2, 0.25) is 5.95 Å². The Morgan fingerprint density at radius 2 is 2.04 bits per heavy atom. The molecule has 0 spiro atoms. The van der Waals surface area contributed by atoms with E-state index >= 15 is 0 Å². The molecule has 2 rings (SSSR count). The number of hydrogen-bond acceptors (Lipinski definition) is 8. The van der Waals surface area contributed by atoms with Crippen LogP contribution in [0.3, 0.4) is 0 Å². The SMILES string of the molecule is C=CCN(C(N)=O)c1c(C[C@@H]2O[C@H](CO)[C@@H](O)[C@H]2O)nc(N)[nH]c1=O. The molecule has 0 saturated carbocycles. The average molecular weight is 355 g/mol. The summed E-state index contributed by atoms with van der Waals surface area (Å²) in [5, 5.41) is 29.0. The number of carbonyl (C=O) groups excluding carboxylic acids is 1. The standard InChI is InChI=1S/C14H21N5O6/c1-2-3-19(14(16)24)9-6(17-13(15)18-12(9)23)4-7-10(21)11(22)8(5-20)25-7/h2,7-8,10-11,20-22H,1,3-5H2,(H2,16,24)(H3,15,17,18,23)/t7-,8+,10-,11+/m0/s1. The largest absolute Gasteiger partial charge is 0.394 e. The van der Waals surface area contributed by atoms with Crippen LogP contribution in [0.1, 0.15) is 5.69 Å². The van der Waals surface area contributed by atoms with Gasteiger partial charge in [-0.05, 0) is 0 Å². The summed E-state index contributed by atoms with van der Waals surface area (Å²) in [5.74, 6) is -0.196. The second-order valence-electron chi connectivity index (χ2n) is 5.56. The van der Waals surface area contributed by atoms with Crippen molar-refractivity contribution in [3.05, 3.63) is 28.7 Å². The van der Waals surface area contributed by atoms with Crippen LogP contribution in [0.4, 0.5) is 16.4 Å². The van der Waals surface area contributed by atoms with Gasteiger partial charge >= 0.3 is 6.03 Å². The molecule has 11 nitrogen and oxygen atoms in total. The van der Waals surface area contributed by atoms with Crippen LogP contribution in [0.2, 0.25) is 0 Å². The number of aromatic amines is 1. The summed E-state index contributed by atoms with van der Waals surface area (Å²) in [4.78, 5) is 31.2. The van der Waals surface area contributed by atoms with Crippen molar-refractivity contribution in [3.8, 4) is 0 Å². The number of urea groups is 1. The topological polar surface area (TPSA) is 188 Å². The van der Waals surface area contributed by atoms with Gasteiger partial charge in [-0.15, -0.1) is 6.58 Å². The van der Waals surface area contributed by atoms with Gasteiger partial charge in [-0.2, -0.15) is 0 Å². The van der Waals surface area contributed by atoms with Crippen molar-refractivity contribution < 1.29 is 24.9 Å². The first kappa shape index (κ1) is 18.9. The Labute approximate surface area is 142 Å². The maximum Gasteiger partial charge on any atom is 0.319 e.